The molecule has 0 atom stereocenters. The van der Waals surface area contributed by atoms with Crippen molar-refractivity contribution in [3.63, 3.8) is 0 Å². The molecular formula is C23H23ClN2O4S. The predicted molar refractivity (Wildman–Crippen MR) is 122 cm³/mol. The molecule has 0 radical (unpaired) electrons. The van der Waals surface area contributed by atoms with Gasteiger partial charge in [-0.05, 0) is 42.8 Å². The summed E-state index contributed by atoms with van der Waals surface area (Å²) in [5, 5.41) is 3.27. The summed E-state index contributed by atoms with van der Waals surface area (Å²) in [5.74, 6) is 0.0245. The van der Waals surface area contributed by atoms with E-state index in [0.717, 1.165) is 15.4 Å². The summed E-state index contributed by atoms with van der Waals surface area (Å²) in [4.78, 5) is 12.8. The largest absolute Gasteiger partial charge is 0.497 e. The van der Waals surface area contributed by atoms with Crippen molar-refractivity contribution in [1.82, 2.24) is 5.32 Å². The van der Waals surface area contributed by atoms with Gasteiger partial charge in [-0.3, -0.25) is 9.10 Å². The maximum atomic E-state index is 13.4. The fourth-order valence-electron chi connectivity index (χ4n) is 2.94. The molecule has 0 aromatic heterocycles. The highest BCUT2D eigenvalue weighted by molar-refractivity contribution is 7.92. The highest BCUT2D eigenvalue weighted by Crippen LogP contribution is 2.27. The summed E-state index contributed by atoms with van der Waals surface area (Å²) < 4.78 is 33.1. The van der Waals surface area contributed by atoms with Crippen molar-refractivity contribution < 1.29 is 17.9 Å². The molecule has 162 valence electrons. The van der Waals surface area contributed by atoms with Crippen LogP contribution in [0.1, 0.15) is 11.1 Å². The maximum Gasteiger partial charge on any atom is 0.264 e. The van der Waals surface area contributed by atoms with Gasteiger partial charge < -0.3 is 10.1 Å². The van der Waals surface area contributed by atoms with Crippen LogP contribution in [0.3, 0.4) is 0 Å². The third-order valence-electron chi connectivity index (χ3n) is 4.67. The number of carbonyl (C=O) groups is 1. The average Bonchev–Trinajstić information content (AvgIpc) is 2.77. The van der Waals surface area contributed by atoms with E-state index in [0.29, 0.717) is 16.5 Å². The molecule has 0 unspecified atom stereocenters. The first-order chi connectivity index (χ1) is 14.8. The van der Waals surface area contributed by atoms with Crippen LogP contribution in [0.5, 0.6) is 5.75 Å². The number of aryl methyl sites for hydroxylation is 1. The minimum absolute atomic E-state index is 0.0971. The van der Waals surface area contributed by atoms with E-state index in [1.54, 1.807) is 54.6 Å². The lowest BCUT2D eigenvalue weighted by atomic mass is 10.2. The SMILES string of the molecule is COc1cccc(N(CC(=O)NCc2ccccc2Cl)S(=O)(=O)c2ccc(C)cc2)c1. The van der Waals surface area contributed by atoms with E-state index in [1.165, 1.54) is 19.2 Å². The summed E-state index contributed by atoms with van der Waals surface area (Å²) in [6.45, 7) is 1.67. The van der Waals surface area contributed by atoms with Crippen LogP contribution < -0.4 is 14.4 Å². The Hall–Kier alpha value is -3.03. The second-order valence-corrected chi connectivity index (χ2v) is 9.16. The number of anilines is 1. The van der Waals surface area contributed by atoms with E-state index in [1.807, 2.05) is 13.0 Å². The molecule has 1 N–H and O–H groups in total. The smallest absolute Gasteiger partial charge is 0.264 e. The number of methoxy groups -OCH3 is 1. The van der Waals surface area contributed by atoms with Gasteiger partial charge in [-0.2, -0.15) is 0 Å². The Labute approximate surface area is 187 Å². The lowest BCUT2D eigenvalue weighted by molar-refractivity contribution is -0.119. The molecule has 3 aromatic rings. The van der Waals surface area contributed by atoms with Gasteiger partial charge in [-0.25, -0.2) is 8.42 Å². The predicted octanol–water partition coefficient (Wildman–Crippen LogP) is 4.17. The molecule has 31 heavy (non-hydrogen) atoms. The lowest BCUT2D eigenvalue weighted by Crippen LogP contribution is -2.40. The Bertz CT molecular complexity index is 1160. The van der Waals surface area contributed by atoms with Crippen molar-refractivity contribution in [2.24, 2.45) is 0 Å². The number of nitrogens with zero attached hydrogens (tertiary/aromatic N) is 1. The number of amides is 1. The van der Waals surface area contributed by atoms with Crippen LogP contribution in [-0.2, 0) is 21.4 Å². The van der Waals surface area contributed by atoms with Crippen LogP contribution in [0, 0.1) is 6.92 Å². The van der Waals surface area contributed by atoms with Crippen LogP contribution in [0.2, 0.25) is 5.02 Å². The second kappa shape index (κ2) is 9.85. The van der Waals surface area contributed by atoms with E-state index >= 15 is 0 Å². The van der Waals surface area contributed by atoms with Crippen LogP contribution in [0.15, 0.2) is 77.7 Å². The Kier molecular flexibility index (Phi) is 7.20. The van der Waals surface area contributed by atoms with Crippen LogP contribution >= 0.6 is 11.6 Å². The molecule has 8 heteroatoms. The van der Waals surface area contributed by atoms with Gasteiger partial charge in [0.1, 0.15) is 12.3 Å². The number of hydrogen-bond acceptors (Lipinski definition) is 4. The van der Waals surface area contributed by atoms with Gasteiger partial charge in [-0.1, -0.05) is 53.6 Å². The first-order valence-electron chi connectivity index (χ1n) is 9.55. The summed E-state index contributed by atoms with van der Waals surface area (Å²) in [5.41, 5.74) is 2.00. The molecule has 0 saturated heterocycles. The summed E-state index contributed by atoms with van der Waals surface area (Å²) >= 11 is 6.14. The molecule has 0 spiro atoms. The van der Waals surface area contributed by atoms with E-state index in [9.17, 15) is 13.2 Å². The zero-order valence-corrected chi connectivity index (χ0v) is 18.8. The molecule has 0 aliphatic carbocycles. The third-order valence-corrected chi connectivity index (χ3v) is 6.83. The molecule has 0 aliphatic rings. The fourth-order valence-corrected chi connectivity index (χ4v) is 4.56. The molecule has 0 heterocycles. The zero-order valence-electron chi connectivity index (χ0n) is 17.2. The fraction of sp³-hybridized carbons (Fsp3) is 0.174. The van der Waals surface area contributed by atoms with Gasteiger partial charge >= 0.3 is 0 Å². The third kappa shape index (κ3) is 5.57. The molecule has 0 aliphatic heterocycles. The Morgan fingerprint density at radius 3 is 2.42 bits per heavy atom. The Morgan fingerprint density at radius 1 is 1.03 bits per heavy atom. The first-order valence-corrected chi connectivity index (χ1v) is 11.4. The van der Waals surface area contributed by atoms with Crippen LogP contribution in [0.4, 0.5) is 5.69 Å². The van der Waals surface area contributed by atoms with Crippen molar-refractivity contribution >= 4 is 33.2 Å². The standard InChI is InChI=1S/C23H23ClN2O4S/c1-17-10-12-21(13-11-17)31(28,29)26(19-7-5-8-20(14-19)30-2)16-23(27)25-15-18-6-3-4-9-22(18)24/h3-14H,15-16H2,1-2H3,(H,25,27). The summed E-state index contributed by atoms with van der Waals surface area (Å²) in [6, 6.07) is 20.2. The van der Waals surface area contributed by atoms with E-state index < -0.39 is 22.5 Å². The van der Waals surface area contributed by atoms with Crippen molar-refractivity contribution in [3.05, 3.63) is 88.9 Å². The Morgan fingerprint density at radius 2 is 1.74 bits per heavy atom. The molecule has 1 amide bonds. The Balaban J connectivity index is 1.89. The number of benzene rings is 3. The topological polar surface area (TPSA) is 75.7 Å². The minimum atomic E-state index is -3.99. The van der Waals surface area contributed by atoms with Crippen LogP contribution in [-0.4, -0.2) is 28.0 Å². The molecule has 0 fully saturated rings. The lowest BCUT2D eigenvalue weighted by Gasteiger charge is -2.24. The van der Waals surface area contributed by atoms with Gasteiger partial charge in [0.15, 0.2) is 0 Å². The van der Waals surface area contributed by atoms with Crippen molar-refractivity contribution in [1.29, 1.82) is 0 Å². The number of hydrogen-bond donors (Lipinski definition) is 1. The first kappa shape index (κ1) is 22.7. The average molecular weight is 459 g/mol. The van der Waals surface area contributed by atoms with Crippen molar-refractivity contribution in [2.45, 2.75) is 18.4 Å². The van der Waals surface area contributed by atoms with E-state index in [2.05, 4.69) is 5.32 Å². The van der Waals surface area contributed by atoms with Gasteiger partial charge in [-0.15, -0.1) is 0 Å². The molecule has 0 saturated carbocycles. The number of rotatable bonds is 8. The highest BCUT2D eigenvalue weighted by atomic mass is 35.5. The van der Waals surface area contributed by atoms with Crippen molar-refractivity contribution in [2.75, 3.05) is 18.0 Å². The highest BCUT2D eigenvalue weighted by Gasteiger charge is 2.27. The summed E-state index contributed by atoms with van der Waals surface area (Å²) in [7, 11) is -2.50. The van der Waals surface area contributed by atoms with Gasteiger partial charge in [0, 0.05) is 17.6 Å². The quantitative estimate of drug-likeness (QED) is 0.549. The van der Waals surface area contributed by atoms with Gasteiger partial charge in [0.05, 0.1) is 17.7 Å². The van der Waals surface area contributed by atoms with Crippen LogP contribution in [0.25, 0.3) is 0 Å². The molecule has 3 aromatic carbocycles. The number of halogens is 1. The molecule has 0 bridgehead atoms. The number of carbonyl (C=O) groups excluding carboxylic acids is 1. The van der Waals surface area contributed by atoms with Crippen molar-refractivity contribution in [3.8, 4) is 5.75 Å². The zero-order chi connectivity index (χ0) is 22.4. The minimum Gasteiger partial charge on any atom is -0.497 e. The maximum absolute atomic E-state index is 13.4. The van der Waals surface area contributed by atoms with Gasteiger partial charge in [0.25, 0.3) is 10.0 Å². The van der Waals surface area contributed by atoms with E-state index in [4.69, 9.17) is 16.3 Å². The molecular weight excluding hydrogens is 436 g/mol. The second-order valence-electron chi connectivity index (χ2n) is 6.89. The number of ether oxygens (including phenoxy) is 1. The van der Waals surface area contributed by atoms with Gasteiger partial charge in [0.2, 0.25) is 5.91 Å². The summed E-state index contributed by atoms with van der Waals surface area (Å²) in [6.07, 6.45) is 0. The monoisotopic (exact) mass is 458 g/mol. The normalized spacial score (nSPS) is 11.1. The molecule has 3 rings (SSSR count). The number of nitrogens with one attached hydrogen (secondary N) is 1. The molecule has 6 nitrogen and oxygen atoms in total. The van der Waals surface area contributed by atoms with E-state index in [-0.39, 0.29) is 11.4 Å². The number of sulfonamides is 1.